The number of carboxylic acids is 1. The van der Waals surface area contributed by atoms with Gasteiger partial charge in [-0.3, -0.25) is 14.4 Å². The van der Waals surface area contributed by atoms with Gasteiger partial charge >= 0.3 is 5.97 Å². The van der Waals surface area contributed by atoms with Gasteiger partial charge in [-0.15, -0.1) is 0 Å². The quantitative estimate of drug-likeness (QED) is 0.860. The zero-order chi connectivity index (χ0) is 15.6. The maximum Gasteiger partial charge on any atom is 0.305 e. The van der Waals surface area contributed by atoms with Crippen molar-refractivity contribution in [3.63, 3.8) is 0 Å². The lowest BCUT2D eigenvalue weighted by atomic mass is 9.97. The van der Waals surface area contributed by atoms with Crippen LogP contribution >= 0.6 is 0 Å². The SMILES string of the molecule is Cc1n[nH]c(=O)c(C(=O)N2CCCCC2CC(=O)O)c1C. The monoisotopic (exact) mass is 293 g/mol. The molecule has 0 aliphatic carbocycles. The van der Waals surface area contributed by atoms with Gasteiger partial charge in [-0.2, -0.15) is 5.10 Å². The minimum atomic E-state index is -0.934. The molecule has 1 atom stereocenters. The van der Waals surface area contributed by atoms with Crippen molar-refractivity contribution < 1.29 is 14.7 Å². The van der Waals surface area contributed by atoms with Crippen LogP contribution in [0.25, 0.3) is 0 Å². The number of aryl methyl sites for hydroxylation is 1. The molecule has 7 heteroatoms. The Hall–Kier alpha value is -2.18. The second-order valence-electron chi connectivity index (χ2n) is 5.38. The summed E-state index contributed by atoms with van der Waals surface area (Å²) in [6.07, 6.45) is 2.28. The van der Waals surface area contributed by atoms with Crippen molar-refractivity contribution in [1.29, 1.82) is 0 Å². The van der Waals surface area contributed by atoms with Gasteiger partial charge in [-0.25, -0.2) is 5.10 Å². The Balaban J connectivity index is 2.35. The van der Waals surface area contributed by atoms with Gasteiger partial charge in [-0.05, 0) is 38.7 Å². The summed E-state index contributed by atoms with van der Waals surface area (Å²) in [7, 11) is 0. The number of rotatable bonds is 3. The van der Waals surface area contributed by atoms with Gasteiger partial charge in [0.25, 0.3) is 11.5 Å². The van der Waals surface area contributed by atoms with Crippen molar-refractivity contribution in [2.45, 2.75) is 45.6 Å². The molecule has 0 aromatic carbocycles. The highest BCUT2D eigenvalue weighted by Gasteiger charge is 2.31. The number of hydrogen-bond acceptors (Lipinski definition) is 4. The van der Waals surface area contributed by atoms with E-state index in [9.17, 15) is 14.4 Å². The molecule has 1 amide bonds. The second kappa shape index (κ2) is 6.07. The van der Waals surface area contributed by atoms with Crippen molar-refractivity contribution in [2.24, 2.45) is 0 Å². The van der Waals surface area contributed by atoms with E-state index in [0.717, 1.165) is 12.8 Å². The molecule has 2 rings (SSSR count). The van der Waals surface area contributed by atoms with Crippen molar-refractivity contribution in [1.82, 2.24) is 15.1 Å². The normalized spacial score (nSPS) is 18.6. The molecule has 7 nitrogen and oxygen atoms in total. The molecule has 21 heavy (non-hydrogen) atoms. The Labute approximate surface area is 122 Å². The first-order valence-corrected chi connectivity index (χ1v) is 7.00. The molecular weight excluding hydrogens is 274 g/mol. The predicted octanol–water partition coefficient (Wildman–Crippen LogP) is 0.856. The van der Waals surface area contributed by atoms with Gasteiger partial charge in [0.15, 0.2) is 0 Å². The molecule has 1 aromatic heterocycles. The fourth-order valence-electron chi connectivity index (χ4n) is 2.71. The number of nitrogens with zero attached hydrogens (tertiary/aromatic N) is 2. The van der Waals surface area contributed by atoms with E-state index >= 15 is 0 Å². The molecule has 2 N–H and O–H groups in total. The number of carbonyl (C=O) groups is 2. The number of H-pyrrole nitrogens is 1. The molecule has 1 aromatic rings. The number of carboxylic acid groups (broad SMARTS) is 1. The number of nitrogens with one attached hydrogen (secondary N) is 1. The summed E-state index contributed by atoms with van der Waals surface area (Å²) < 4.78 is 0. The van der Waals surface area contributed by atoms with E-state index in [1.807, 2.05) is 0 Å². The summed E-state index contributed by atoms with van der Waals surface area (Å²) in [5.41, 5.74) is 0.677. The van der Waals surface area contributed by atoms with Gasteiger partial charge in [0.2, 0.25) is 0 Å². The van der Waals surface area contributed by atoms with Crippen LogP contribution < -0.4 is 5.56 Å². The first-order chi connectivity index (χ1) is 9.91. The molecule has 0 saturated carbocycles. The number of carbonyl (C=O) groups excluding carboxylic acids is 1. The highest BCUT2D eigenvalue weighted by Crippen LogP contribution is 2.22. The zero-order valence-electron chi connectivity index (χ0n) is 12.2. The van der Waals surface area contributed by atoms with E-state index in [-0.39, 0.29) is 18.0 Å². The van der Waals surface area contributed by atoms with E-state index in [0.29, 0.717) is 24.2 Å². The van der Waals surface area contributed by atoms with Crippen LogP contribution in [0.4, 0.5) is 0 Å². The van der Waals surface area contributed by atoms with Gasteiger partial charge in [-0.1, -0.05) is 0 Å². The Bertz CT molecular complexity index is 623. The third-order valence-electron chi connectivity index (χ3n) is 3.98. The molecular formula is C14H19N3O4. The number of likely N-dealkylation sites (tertiary alicyclic amines) is 1. The zero-order valence-corrected chi connectivity index (χ0v) is 12.2. The minimum absolute atomic E-state index is 0.0692. The van der Waals surface area contributed by atoms with Gasteiger partial charge < -0.3 is 10.0 Å². The molecule has 0 spiro atoms. The number of piperidine rings is 1. The number of amides is 1. The molecule has 0 bridgehead atoms. The van der Waals surface area contributed by atoms with E-state index in [2.05, 4.69) is 10.2 Å². The maximum absolute atomic E-state index is 12.7. The van der Waals surface area contributed by atoms with E-state index in [1.165, 1.54) is 4.90 Å². The topological polar surface area (TPSA) is 103 Å². The summed E-state index contributed by atoms with van der Waals surface area (Å²) >= 11 is 0. The smallest absolute Gasteiger partial charge is 0.305 e. The van der Waals surface area contributed by atoms with Crippen molar-refractivity contribution in [3.8, 4) is 0 Å². The molecule has 2 heterocycles. The van der Waals surface area contributed by atoms with Gasteiger partial charge in [0, 0.05) is 12.6 Å². The maximum atomic E-state index is 12.7. The first kappa shape index (κ1) is 15.2. The van der Waals surface area contributed by atoms with Crippen LogP contribution in [0.5, 0.6) is 0 Å². The Morgan fingerprint density at radius 1 is 1.38 bits per heavy atom. The van der Waals surface area contributed by atoms with Crippen LogP contribution in [0.3, 0.4) is 0 Å². The van der Waals surface area contributed by atoms with E-state index in [1.54, 1.807) is 13.8 Å². The Kier molecular flexibility index (Phi) is 4.40. The molecule has 1 aliphatic rings. The largest absolute Gasteiger partial charge is 0.481 e. The molecule has 1 unspecified atom stereocenters. The molecule has 0 radical (unpaired) electrons. The minimum Gasteiger partial charge on any atom is -0.481 e. The third kappa shape index (κ3) is 3.12. The fraction of sp³-hybridized carbons (Fsp3) is 0.571. The fourth-order valence-corrected chi connectivity index (χ4v) is 2.71. The van der Waals surface area contributed by atoms with Crippen LogP contribution in [-0.4, -0.2) is 44.7 Å². The summed E-state index contributed by atoms with van der Waals surface area (Å²) in [4.78, 5) is 37.1. The lowest BCUT2D eigenvalue weighted by Crippen LogP contribution is -2.46. The lowest BCUT2D eigenvalue weighted by Gasteiger charge is -2.35. The predicted molar refractivity (Wildman–Crippen MR) is 75.3 cm³/mol. The number of aromatic nitrogens is 2. The van der Waals surface area contributed by atoms with Crippen LogP contribution in [-0.2, 0) is 4.79 Å². The summed E-state index contributed by atoms with van der Waals surface area (Å²) in [6, 6.07) is -0.351. The first-order valence-electron chi connectivity index (χ1n) is 7.00. The average molecular weight is 293 g/mol. The highest BCUT2D eigenvalue weighted by molar-refractivity contribution is 5.95. The van der Waals surface area contributed by atoms with Crippen LogP contribution in [0.15, 0.2) is 4.79 Å². The van der Waals surface area contributed by atoms with Crippen LogP contribution in [0.1, 0.15) is 47.3 Å². The van der Waals surface area contributed by atoms with E-state index in [4.69, 9.17) is 5.11 Å². The van der Waals surface area contributed by atoms with Crippen molar-refractivity contribution in [3.05, 3.63) is 27.2 Å². The van der Waals surface area contributed by atoms with Crippen LogP contribution in [0, 0.1) is 13.8 Å². The summed E-state index contributed by atoms with van der Waals surface area (Å²) in [5, 5.41) is 15.1. The van der Waals surface area contributed by atoms with E-state index < -0.39 is 17.4 Å². The molecule has 1 saturated heterocycles. The molecule has 1 fully saturated rings. The molecule has 1 aliphatic heterocycles. The summed E-state index contributed by atoms with van der Waals surface area (Å²) in [5.74, 6) is -1.33. The lowest BCUT2D eigenvalue weighted by molar-refractivity contribution is -0.138. The second-order valence-corrected chi connectivity index (χ2v) is 5.38. The van der Waals surface area contributed by atoms with Crippen LogP contribution in [0.2, 0.25) is 0 Å². The Morgan fingerprint density at radius 3 is 2.76 bits per heavy atom. The standard InChI is InChI=1S/C14H19N3O4/c1-8-9(2)15-16-13(20)12(8)14(21)17-6-4-3-5-10(17)7-11(18)19/h10H,3-7H2,1-2H3,(H,16,20)(H,18,19). The average Bonchev–Trinajstić information content (AvgIpc) is 2.43. The van der Waals surface area contributed by atoms with Crippen molar-refractivity contribution >= 4 is 11.9 Å². The number of aliphatic carboxylic acids is 1. The highest BCUT2D eigenvalue weighted by atomic mass is 16.4. The third-order valence-corrected chi connectivity index (χ3v) is 3.98. The van der Waals surface area contributed by atoms with Gasteiger partial charge in [0.1, 0.15) is 5.56 Å². The van der Waals surface area contributed by atoms with Crippen molar-refractivity contribution in [2.75, 3.05) is 6.54 Å². The number of aromatic amines is 1. The Morgan fingerprint density at radius 2 is 2.10 bits per heavy atom. The van der Waals surface area contributed by atoms with Gasteiger partial charge in [0.05, 0.1) is 12.1 Å². The number of hydrogen-bond donors (Lipinski definition) is 2. The molecule has 114 valence electrons. The summed E-state index contributed by atoms with van der Waals surface area (Å²) in [6.45, 7) is 3.88.